The zero-order valence-corrected chi connectivity index (χ0v) is 12.7. The summed E-state index contributed by atoms with van der Waals surface area (Å²) in [5, 5.41) is 13.1. The number of rotatable bonds is 2. The number of nitrogens with zero attached hydrogens (tertiary/aromatic N) is 1. The molecule has 0 aromatic carbocycles. The maximum absolute atomic E-state index is 12.6. The normalized spacial score (nSPS) is 34.5. The molecule has 1 saturated heterocycles. The van der Waals surface area contributed by atoms with E-state index in [2.05, 4.69) is 5.32 Å². The van der Waals surface area contributed by atoms with Crippen molar-refractivity contribution in [2.24, 2.45) is 11.7 Å². The van der Waals surface area contributed by atoms with E-state index in [-0.39, 0.29) is 24.2 Å². The van der Waals surface area contributed by atoms with Gasteiger partial charge in [0.15, 0.2) is 0 Å². The van der Waals surface area contributed by atoms with Gasteiger partial charge in [-0.05, 0) is 36.8 Å². The predicted molar refractivity (Wildman–Crippen MR) is 79.5 cm³/mol. The van der Waals surface area contributed by atoms with E-state index in [1.807, 2.05) is 0 Å². The van der Waals surface area contributed by atoms with E-state index in [0.717, 1.165) is 18.4 Å². The molecule has 2 aliphatic carbocycles. The van der Waals surface area contributed by atoms with Crippen LogP contribution < -0.4 is 11.1 Å². The van der Waals surface area contributed by atoms with Crippen LogP contribution in [0.15, 0.2) is 22.9 Å². The molecule has 122 valence electrons. The Morgan fingerprint density at radius 3 is 2.65 bits per heavy atom. The molecule has 0 aromatic rings. The number of amides is 3. The van der Waals surface area contributed by atoms with Crippen LogP contribution >= 0.6 is 0 Å². The average Bonchev–Trinajstić information content (AvgIpc) is 3.29. The highest BCUT2D eigenvalue weighted by atomic mass is 16.3. The van der Waals surface area contributed by atoms with Gasteiger partial charge in [0.25, 0.3) is 5.91 Å². The van der Waals surface area contributed by atoms with Gasteiger partial charge in [-0.15, -0.1) is 0 Å². The first-order valence-corrected chi connectivity index (χ1v) is 7.97. The highest BCUT2D eigenvalue weighted by molar-refractivity contribution is 6.06. The Labute approximate surface area is 133 Å². The van der Waals surface area contributed by atoms with Crippen molar-refractivity contribution in [1.82, 2.24) is 10.2 Å². The maximum Gasteiger partial charge on any atom is 0.254 e. The minimum Gasteiger partial charge on any atom is -0.400 e. The summed E-state index contributed by atoms with van der Waals surface area (Å²) in [5.41, 5.74) is 6.65. The summed E-state index contributed by atoms with van der Waals surface area (Å²) in [7, 11) is 0. The Morgan fingerprint density at radius 1 is 1.26 bits per heavy atom. The highest BCUT2D eigenvalue weighted by Gasteiger charge is 2.51. The van der Waals surface area contributed by atoms with Gasteiger partial charge < -0.3 is 15.7 Å². The third-order valence-electron chi connectivity index (χ3n) is 5.36. The minimum absolute atomic E-state index is 0.160. The zero-order chi connectivity index (χ0) is 16.4. The van der Waals surface area contributed by atoms with Crippen LogP contribution in [0.5, 0.6) is 0 Å². The summed E-state index contributed by atoms with van der Waals surface area (Å²) in [6.45, 7) is 0.319. The van der Waals surface area contributed by atoms with Crippen LogP contribution in [0.3, 0.4) is 0 Å². The summed E-state index contributed by atoms with van der Waals surface area (Å²) < 4.78 is 0. The van der Waals surface area contributed by atoms with E-state index in [4.69, 9.17) is 5.73 Å². The Bertz CT molecular complexity index is 691. The van der Waals surface area contributed by atoms with Crippen LogP contribution in [0.4, 0.5) is 0 Å². The van der Waals surface area contributed by atoms with Gasteiger partial charge in [-0.1, -0.05) is 0 Å². The van der Waals surface area contributed by atoms with E-state index in [9.17, 15) is 19.5 Å². The second-order valence-electron chi connectivity index (χ2n) is 6.89. The SMILES string of the molecule is NC1=CC2=C(CN(C3CCC(=O)NC3=O)C2=O)CC1(O)C1CC1. The van der Waals surface area contributed by atoms with Gasteiger partial charge in [0.05, 0.1) is 0 Å². The molecule has 0 aromatic heterocycles. The first kappa shape index (κ1) is 14.4. The number of hydrogen-bond donors (Lipinski definition) is 3. The lowest BCUT2D eigenvalue weighted by Gasteiger charge is -2.32. The summed E-state index contributed by atoms with van der Waals surface area (Å²) in [5.74, 6) is -0.811. The molecule has 0 radical (unpaired) electrons. The minimum atomic E-state index is -1.06. The molecule has 23 heavy (non-hydrogen) atoms. The lowest BCUT2D eigenvalue weighted by atomic mass is 9.81. The number of nitrogens with two attached hydrogens (primary N) is 1. The van der Waals surface area contributed by atoms with E-state index in [1.165, 1.54) is 4.90 Å². The summed E-state index contributed by atoms with van der Waals surface area (Å²) in [4.78, 5) is 37.4. The fraction of sp³-hybridized carbons (Fsp3) is 0.562. The van der Waals surface area contributed by atoms with Gasteiger partial charge in [0, 0.05) is 30.7 Å². The van der Waals surface area contributed by atoms with Crippen molar-refractivity contribution in [3.8, 4) is 0 Å². The predicted octanol–water partition coefficient (Wildman–Crippen LogP) is -0.682. The summed E-state index contributed by atoms with van der Waals surface area (Å²) in [6.07, 6.45) is 4.38. The highest BCUT2D eigenvalue weighted by Crippen LogP contribution is 2.49. The first-order chi connectivity index (χ1) is 10.9. The largest absolute Gasteiger partial charge is 0.400 e. The van der Waals surface area contributed by atoms with Crippen LogP contribution in [-0.2, 0) is 14.4 Å². The fourth-order valence-electron chi connectivity index (χ4n) is 3.86. The lowest BCUT2D eigenvalue weighted by Crippen LogP contribution is -2.53. The fourth-order valence-corrected chi connectivity index (χ4v) is 3.86. The molecule has 2 unspecified atom stereocenters. The zero-order valence-electron chi connectivity index (χ0n) is 12.7. The second kappa shape index (κ2) is 4.67. The number of imide groups is 1. The van der Waals surface area contributed by atoms with Gasteiger partial charge in [0.1, 0.15) is 11.6 Å². The van der Waals surface area contributed by atoms with Crippen molar-refractivity contribution in [2.45, 2.75) is 43.7 Å². The molecule has 1 saturated carbocycles. The number of hydrogen-bond acceptors (Lipinski definition) is 5. The molecule has 0 spiro atoms. The van der Waals surface area contributed by atoms with Crippen LogP contribution in [0.2, 0.25) is 0 Å². The maximum atomic E-state index is 12.6. The van der Waals surface area contributed by atoms with Crippen molar-refractivity contribution in [3.63, 3.8) is 0 Å². The van der Waals surface area contributed by atoms with Gasteiger partial charge in [0.2, 0.25) is 11.8 Å². The Morgan fingerprint density at radius 2 is 2.00 bits per heavy atom. The van der Waals surface area contributed by atoms with Gasteiger partial charge in [-0.3, -0.25) is 19.7 Å². The number of piperidine rings is 1. The van der Waals surface area contributed by atoms with Crippen LogP contribution in [0.1, 0.15) is 32.1 Å². The van der Waals surface area contributed by atoms with Crippen LogP contribution in [-0.4, -0.2) is 45.9 Å². The molecule has 7 nitrogen and oxygen atoms in total. The lowest BCUT2D eigenvalue weighted by molar-refractivity contribution is -0.142. The number of aliphatic hydroxyl groups is 1. The second-order valence-corrected chi connectivity index (χ2v) is 6.89. The Kier molecular flexibility index (Phi) is 2.93. The molecule has 3 amide bonds. The molecule has 0 bridgehead atoms. The first-order valence-electron chi connectivity index (χ1n) is 7.97. The Hall–Kier alpha value is -2.15. The van der Waals surface area contributed by atoms with Crippen molar-refractivity contribution in [3.05, 3.63) is 22.9 Å². The summed E-state index contributed by atoms with van der Waals surface area (Å²) in [6, 6.07) is -0.630. The standard InChI is InChI=1S/C16H19N3O4/c17-12-5-10-8(6-16(12,23)9-1-2-9)7-19(15(10)22)11-3-4-13(20)18-14(11)21/h5,9,11,23H,1-4,6-7,17H2,(H,18,20,21). The van der Waals surface area contributed by atoms with Crippen LogP contribution in [0, 0.1) is 5.92 Å². The molecule has 4 aliphatic rings. The third kappa shape index (κ3) is 2.10. The van der Waals surface area contributed by atoms with Gasteiger partial charge in [-0.2, -0.15) is 0 Å². The molecule has 2 aliphatic heterocycles. The number of carbonyl (C=O) groups is 3. The quantitative estimate of drug-likeness (QED) is 0.584. The smallest absolute Gasteiger partial charge is 0.254 e. The molecular formula is C16H19N3O4. The van der Waals surface area contributed by atoms with E-state index < -0.39 is 17.6 Å². The molecule has 2 fully saturated rings. The van der Waals surface area contributed by atoms with Crippen molar-refractivity contribution in [1.29, 1.82) is 0 Å². The molecule has 4 rings (SSSR count). The van der Waals surface area contributed by atoms with Gasteiger partial charge in [-0.25, -0.2) is 0 Å². The molecule has 2 heterocycles. The molecule has 7 heteroatoms. The Balaban J connectivity index is 1.58. The van der Waals surface area contributed by atoms with Crippen LogP contribution in [0.25, 0.3) is 0 Å². The number of carbonyl (C=O) groups excluding carboxylic acids is 3. The monoisotopic (exact) mass is 317 g/mol. The third-order valence-corrected chi connectivity index (χ3v) is 5.36. The van der Waals surface area contributed by atoms with Gasteiger partial charge >= 0.3 is 0 Å². The van der Waals surface area contributed by atoms with E-state index in [0.29, 0.717) is 30.7 Å². The van der Waals surface area contributed by atoms with Crippen molar-refractivity contribution in [2.75, 3.05) is 6.54 Å². The molecule has 4 N–H and O–H groups in total. The number of nitrogens with one attached hydrogen (secondary N) is 1. The van der Waals surface area contributed by atoms with E-state index >= 15 is 0 Å². The topological polar surface area (TPSA) is 113 Å². The van der Waals surface area contributed by atoms with Crippen molar-refractivity contribution < 1.29 is 19.5 Å². The molecular weight excluding hydrogens is 298 g/mol. The summed E-state index contributed by atoms with van der Waals surface area (Å²) >= 11 is 0. The van der Waals surface area contributed by atoms with Crippen molar-refractivity contribution >= 4 is 17.7 Å². The molecule has 2 atom stereocenters. The van der Waals surface area contributed by atoms with E-state index in [1.54, 1.807) is 6.08 Å². The average molecular weight is 317 g/mol.